The Kier molecular flexibility index (Phi) is 2.79. The molecule has 1 aromatic carbocycles. The molecular formula is C14H11BrO2S. The highest BCUT2D eigenvalue weighted by molar-refractivity contribution is 9.10. The van der Waals surface area contributed by atoms with Crippen molar-refractivity contribution >= 4 is 33.2 Å². The maximum absolute atomic E-state index is 11.3. The Morgan fingerprint density at radius 2 is 2.11 bits per heavy atom. The number of carboxylic acids is 1. The minimum absolute atomic E-state index is 0.596. The maximum atomic E-state index is 11.3. The highest BCUT2D eigenvalue weighted by Crippen LogP contribution is 2.50. The van der Waals surface area contributed by atoms with Gasteiger partial charge in [0.05, 0.1) is 5.41 Å². The van der Waals surface area contributed by atoms with Gasteiger partial charge in [0.1, 0.15) is 0 Å². The van der Waals surface area contributed by atoms with Crippen molar-refractivity contribution in [2.24, 2.45) is 0 Å². The lowest BCUT2D eigenvalue weighted by Crippen LogP contribution is -2.18. The van der Waals surface area contributed by atoms with E-state index in [1.807, 2.05) is 29.6 Å². The van der Waals surface area contributed by atoms with Gasteiger partial charge in [0.2, 0.25) is 0 Å². The number of halogens is 1. The molecule has 0 atom stereocenters. The van der Waals surface area contributed by atoms with Crippen LogP contribution in [-0.2, 0) is 10.2 Å². The number of carboxylic acid groups (broad SMARTS) is 1. The molecule has 1 N–H and O–H groups in total. The quantitative estimate of drug-likeness (QED) is 0.915. The fourth-order valence-electron chi connectivity index (χ4n) is 2.13. The summed E-state index contributed by atoms with van der Waals surface area (Å²) in [7, 11) is 0. The van der Waals surface area contributed by atoms with Gasteiger partial charge in [0, 0.05) is 9.35 Å². The molecule has 92 valence electrons. The van der Waals surface area contributed by atoms with Crippen LogP contribution in [0, 0.1) is 0 Å². The second-order valence-corrected chi connectivity index (χ2v) is 6.42. The van der Waals surface area contributed by atoms with Crippen molar-refractivity contribution in [2.75, 3.05) is 0 Å². The van der Waals surface area contributed by atoms with E-state index in [0.29, 0.717) is 0 Å². The van der Waals surface area contributed by atoms with Gasteiger partial charge in [-0.15, -0.1) is 11.3 Å². The normalized spacial score (nSPS) is 16.5. The molecule has 1 aromatic heterocycles. The highest BCUT2D eigenvalue weighted by atomic mass is 79.9. The summed E-state index contributed by atoms with van der Waals surface area (Å²) in [5.74, 6) is -0.693. The zero-order valence-corrected chi connectivity index (χ0v) is 11.9. The first-order valence-electron chi connectivity index (χ1n) is 5.70. The van der Waals surface area contributed by atoms with Gasteiger partial charge >= 0.3 is 5.97 Å². The molecule has 1 fully saturated rings. The minimum atomic E-state index is -0.693. The lowest BCUT2D eigenvalue weighted by atomic mass is 9.98. The molecule has 18 heavy (non-hydrogen) atoms. The van der Waals surface area contributed by atoms with Crippen LogP contribution in [0.3, 0.4) is 0 Å². The van der Waals surface area contributed by atoms with E-state index in [2.05, 4.69) is 22.0 Å². The molecule has 0 unspecified atom stereocenters. The average molecular weight is 323 g/mol. The summed E-state index contributed by atoms with van der Waals surface area (Å²) in [6.07, 6.45) is 1.52. The van der Waals surface area contributed by atoms with Crippen molar-refractivity contribution < 1.29 is 9.90 Å². The third kappa shape index (κ3) is 1.89. The Morgan fingerprint density at radius 1 is 1.33 bits per heavy atom. The van der Waals surface area contributed by atoms with E-state index in [9.17, 15) is 9.90 Å². The zero-order chi connectivity index (χ0) is 12.8. The number of hydrogen-bond acceptors (Lipinski definition) is 2. The fraction of sp³-hybridized carbons (Fsp3) is 0.214. The molecule has 0 bridgehead atoms. The summed E-state index contributed by atoms with van der Waals surface area (Å²) in [6.45, 7) is 0. The van der Waals surface area contributed by atoms with Crippen molar-refractivity contribution in [3.63, 3.8) is 0 Å². The zero-order valence-electron chi connectivity index (χ0n) is 9.52. The standard InChI is InChI=1S/C14H11BrO2S/c15-11-3-1-2-9(6-11)12-7-10(8-18-12)14(4-5-14)13(16)17/h1-3,6-8H,4-5H2,(H,16,17). The van der Waals surface area contributed by atoms with Crippen LogP contribution >= 0.6 is 27.3 Å². The molecule has 0 spiro atoms. The van der Waals surface area contributed by atoms with Crippen molar-refractivity contribution in [3.8, 4) is 10.4 Å². The number of hydrogen-bond donors (Lipinski definition) is 1. The largest absolute Gasteiger partial charge is 0.481 e. The predicted octanol–water partition coefficient (Wildman–Crippen LogP) is 4.29. The Balaban J connectivity index is 1.98. The van der Waals surface area contributed by atoms with Gasteiger partial charge in [0.25, 0.3) is 0 Å². The Bertz CT molecular complexity index is 614. The van der Waals surface area contributed by atoms with E-state index >= 15 is 0 Å². The molecule has 0 saturated heterocycles. The summed E-state index contributed by atoms with van der Waals surface area (Å²) < 4.78 is 1.04. The first kappa shape index (κ1) is 11.9. The van der Waals surface area contributed by atoms with Crippen LogP contribution in [-0.4, -0.2) is 11.1 Å². The van der Waals surface area contributed by atoms with Crippen LogP contribution in [0.15, 0.2) is 40.2 Å². The summed E-state index contributed by atoms with van der Waals surface area (Å²) >= 11 is 5.06. The second-order valence-electron chi connectivity index (χ2n) is 4.60. The van der Waals surface area contributed by atoms with Crippen molar-refractivity contribution in [3.05, 3.63) is 45.7 Å². The van der Waals surface area contributed by atoms with Crippen molar-refractivity contribution in [2.45, 2.75) is 18.3 Å². The predicted molar refractivity (Wildman–Crippen MR) is 76.0 cm³/mol. The molecule has 0 radical (unpaired) electrons. The molecule has 1 heterocycles. The molecule has 1 aliphatic rings. The lowest BCUT2D eigenvalue weighted by molar-refractivity contribution is -0.140. The maximum Gasteiger partial charge on any atom is 0.314 e. The average Bonchev–Trinajstić information content (AvgIpc) is 3.01. The minimum Gasteiger partial charge on any atom is -0.481 e. The van der Waals surface area contributed by atoms with E-state index in [-0.39, 0.29) is 0 Å². The SMILES string of the molecule is O=C(O)C1(c2csc(-c3cccc(Br)c3)c2)CC1. The monoisotopic (exact) mass is 322 g/mol. The van der Waals surface area contributed by atoms with E-state index in [1.54, 1.807) is 11.3 Å². The summed E-state index contributed by atoms with van der Waals surface area (Å²) in [5.41, 5.74) is 1.48. The van der Waals surface area contributed by atoms with Crippen LogP contribution in [0.25, 0.3) is 10.4 Å². The van der Waals surface area contributed by atoms with Crippen LogP contribution in [0.5, 0.6) is 0 Å². The molecular weight excluding hydrogens is 312 g/mol. The molecule has 1 aliphatic carbocycles. The van der Waals surface area contributed by atoms with Crippen LogP contribution in [0.2, 0.25) is 0 Å². The molecule has 3 rings (SSSR count). The van der Waals surface area contributed by atoms with Gasteiger partial charge in [-0.25, -0.2) is 0 Å². The lowest BCUT2D eigenvalue weighted by Gasteiger charge is -2.05. The number of thiophene rings is 1. The third-order valence-electron chi connectivity index (χ3n) is 3.42. The van der Waals surface area contributed by atoms with Gasteiger partial charge in [-0.1, -0.05) is 28.1 Å². The van der Waals surface area contributed by atoms with E-state index in [4.69, 9.17) is 0 Å². The summed E-state index contributed by atoms with van der Waals surface area (Å²) in [5, 5.41) is 11.3. The van der Waals surface area contributed by atoms with Crippen molar-refractivity contribution in [1.29, 1.82) is 0 Å². The molecule has 0 amide bonds. The molecule has 4 heteroatoms. The fourth-order valence-corrected chi connectivity index (χ4v) is 3.54. The summed E-state index contributed by atoms with van der Waals surface area (Å²) in [6, 6.07) is 10.1. The Labute approximate surface area is 117 Å². The van der Waals surface area contributed by atoms with Gasteiger partial charge < -0.3 is 5.11 Å². The van der Waals surface area contributed by atoms with Gasteiger partial charge in [-0.2, -0.15) is 0 Å². The van der Waals surface area contributed by atoms with Crippen LogP contribution in [0.1, 0.15) is 18.4 Å². The first-order chi connectivity index (χ1) is 8.62. The van der Waals surface area contributed by atoms with Crippen LogP contribution < -0.4 is 0 Å². The van der Waals surface area contributed by atoms with Crippen molar-refractivity contribution in [1.82, 2.24) is 0 Å². The number of carbonyl (C=O) groups is 1. The topological polar surface area (TPSA) is 37.3 Å². The van der Waals surface area contributed by atoms with Gasteiger partial charge in [-0.3, -0.25) is 4.79 Å². The van der Waals surface area contributed by atoms with Crippen LogP contribution in [0.4, 0.5) is 0 Å². The summed E-state index contributed by atoms with van der Waals surface area (Å²) in [4.78, 5) is 12.4. The Hall–Kier alpha value is -1.13. The Morgan fingerprint density at radius 3 is 2.72 bits per heavy atom. The number of aliphatic carboxylic acids is 1. The smallest absolute Gasteiger partial charge is 0.314 e. The first-order valence-corrected chi connectivity index (χ1v) is 7.37. The molecule has 2 nitrogen and oxygen atoms in total. The molecule has 1 saturated carbocycles. The molecule has 2 aromatic rings. The highest BCUT2D eigenvalue weighted by Gasteiger charge is 2.52. The van der Waals surface area contributed by atoms with Gasteiger partial charge in [-0.05, 0) is 47.5 Å². The van der Waals surface area contributed by atoms with Gasteiger partial charge in [0.15, 0.2) is 0 Å². The second kappa shape index (κ2) is 4.21. The van der Waals surface area contributed by atoms with E-state index < -0.39 is 11.4 Å². The molecule has 0 aliphatic heterocycles. The third-order valence-corrected chi connectivity index (χ3v) is 4.89. The number of benzene rings is 1. The van der Waals surface area contributed by atoms with E-state index in [1.165, 1.54) is 0 Å². The van der Waals surface area contributed by atoms with E-state index in [0.717, 1.165) is 33.3 Å². The number of rotatable bonds is 3.